The van der Waals surface area contributed by atoms with Crippen LogP contribution in [0.15, 0.2) is 23.1 Å². The SMILES string of the molecule is CCCCCCCCOc1ccc(/C=C2\SC(=S)N(C(C)(C)C)C2=O)cc1OC. The highest BCUT2D eigenvalue weighted by Gasteiger charge is 2.39. The number of hydrogen-bond acceptors (Lipinski definition) is 5. The maximum atomic E-state index is 12.8. The molecule has 0 aliphatic carbocycles. The van der Waals surface area contributed by atoms with Gasteiger partial charge in [0.15, 0.2) is 11.5 Å². The molecule has 1 aromatic carbocycles. The van der Waals surface area contributed by atoms with Crippen LogP contribution in [0.25, 0.3) is 6.08 Å². The molecule has 0 bridgehead atoms. The van der Waals surface area contributed by atoms with Crippen LogP contribution in [0.5, 0.6) is 11.5 Å². The van der Waals surface area contributed by atoms with Crippen molar-refractivity contribution in [3.63, 3.8) is 0 Å². The minimum Gasteiger partial charge on any atom is -0.493 e. The summed E-state index contributed by atoms with van der Waals surface area (Å²) in [4.78, 5) is 15.1. The second-order valence-electron chi connectivity index (χ2n) is 8.21. The van der Waals surface area contributed by atoms with Crippen LogP contribution in [0, 0.1) is 0 Å². The number of unbranched alkanes of at least 4 members (excludes halogenated alkanes) is 5. The number of carbonyl (C=O) groups excluding carboxylic acids is 1. The number of methoxy groups -OCH3 is 1. The predicted octanol–water partition coefficient (Wildman–Crippen LogP) is 6.43. The van der Waals surface area contributed by atoms with Gasteiger partial charge in [0.1, 0.15) is 4.32 Å². The van der Waals surface area contributed by atoms with Crippen LogP contribution in [0.2, 0.25) is 0 Å². The summed E-state index contributed by atoms with van der Waals surface area (Å²) < 4.78 is 12.0. The van der Waals surface area contributed by atoms with Crippen molar-refractivity contribution in [2.75, 3.05) is 13.7 Å². The summed E-state index contributed by atoms with van der Waals surface area (Å²) in [6.07, 6.45) is 9.24. The lowest BCUT2D eigenvalue weighted by atomic mass is 10.1. The number of ether oxygens (including phenoxy) is 2. The van der Waals surface area contributed by atoms with Gasteiger partial charge in [-0.2, -0.15) is 0 Å². The Morgan fingerprint density at radius 1 is 1.10 bits per heavy atom. The summed E-state index contributed by atoms with van der Waals surface area (Å²) in [7, 11) is 1.63. The smallest absolute Gasteiger partial charge is 0.266 e. The third-order valence-corrected chi connectivity index (χ3v) is 6.01. The van der Waals surface area contributed by atoms with Crippen molar-refractivity contribution < 1.29 is 14.3 Å². The number of benzene rings is 1. The van der Waals surface area contributed by atoms with E-state index in [1.54, 1.807) is 12.0 Å². The molecule has 29 heavy (non-hydrogen) atoms. The van der Waals surface area contributed by atoms with E-state index in [0.29, 0.717) is 21.6 Å². The highest BCUT2D eigenvalue weighted by molar-refractivity contribution is 8.26. The number of carbonyl (C=O) groups is 1. The summed E-state index contributed by atoms with van der Waals surface area (Å²) in [6, 6.07) is 5.76. The van der Waals surface area contributed by atoms with Crippen LogP contribution < -0.4 is 9.47 Å². The summed E-state index contributed by atoms with van der Waals surface area (Å²) in [5, 5.41) is 0. The van der Waals surface area contributed by atoms with Gasteiger partial charge in [-0.1, -0.05) is 69.1 Å². The fourth-order valence-corrected chi connectivity index (χ4v) is 4.79. The number of amides is 1. The number of rotatable bonds is 10. The van der Waals surface area contributed by atoms with Crippen molar-refractivity contribution in [3.8, 4) is 11.5 Å². The van der Waals surface area contributed by atoms with E-state index in [9.17, 15) is 4.79 Å². The molecule has 6 heteroatoms. The minimum atomic E-state index is -0.331. The maximum Gasteiger partial charge on any atom is 0.266 e. The fraction of sp³-hybridized carbons (Fsp3) is 0.565. The van der Waals surface area contributed by atoms with Gasteiger partial charge in [0.05, 0.1) is 18.6 Å². The third-order valence-electron chi connectivity index (χ3n) is 4.71. The molecule has 1 fully saturated rings. The Kier molecular flexibility index (Phi) is 9.03. The van der Waals surface area contributed by atoms with Gasteiger partial charge in [-0.15, -0.1) is 0 Å². The van der Waals surface area contributed by atoms with Gasteiger partial charge >= 0.3 is 0 Å². The maximum absolute atomic E-state index is 12.8. The molecule has 1 aliphatic heterocycles. The van der Waals surface area contributed by atoms with Gasteiger partial charge in [-0.25, -0.2) is 0 Å². The number of nitrogens with zero attached hydrogens (tertiary/aromatic N) is 1. The monoisotopic (exact) mass is 435 g/mol. The highest BCUT2D eigenvalue weighted by Crippen LogP contribution is 2.38. The Balaban J connectivity index is 2.01. The van der Waals surface area contributed by atoms with Crippen molar-refractivity contribution in [2.45, 2.75) is 71.8 Å². The van der Waals surface area contributed by atoms with E-state index in [0.717, 1.165) is 17.7 Å². The van der Waals surface area contributed by atoms with Gasteiger partial charge in [-0.05, 0) is 51.0 Å². The predicted molar refractivity (Wildman–Crippen MR) is 127 cm³/mol. The molecule has 0 spiro atoms. The summed E-state index contributed by atoms with van der Waals surface area (Å²) in [5.74, 6) is 1.37. The molecule has 0 atom stereocenters. The third kappa shape index (κ3) is 6.75. The molecule has 0 saturated carbocycles. The summed E-state index contributed by atoms with van der Waals surface area (Å²) in [6.45, 7) is 8.87. The first-order chi connectivity index (χ1) is 13.8. The van der Waals surface area contributed by atoms with E-state index in [1.165, 1.54) is 43.9 Å². The number of hydrogen-bond donors (Lipinski definition) is 0. The van der Waals surface area contributed by atoms with Crippen LogP contribution in [-0.4, -0.2) is 34.4 Å². The first kappa shape index (κ1) is 23.7. The van der Waals surface area contributed by atoms with Crippen LogP contribution >= 0.6 is 24.0 Å². The molecule has 160 valence electrons. The molecule has 0 radical (unpaired) electrons. The Bertz CT molecular complexity index is 753. The lowest BCUT2D eigenvalue weighted by molar-refractivity contribution is -0.125. The van der Waals surface area contributed by atoms with Gasteiger partial charge in [0.25, 0.3) is 5.91 Å². The van der Waals surface area contributed by atoms with E-state index in [4.69, 9.17) is 21.7 Å². The average molecular weight is 436 g/mol. The Morgan fingerprint density at radius 2 is 1.79 bits per heavy atom. The van der Waals surface area contributed by atoms with Gasteiger partial charge in [-0.3, -0.25) is 9.69 Å². The largest absolute Gasteiger partial charge is 0.493 e. The Morgan fingerprint density at radius 3 is 2.41 bits per heavy atom. The van der Waals surface area contributed by atoms with Crippen molar-refractivity contribution >= 4 is 40.3 Å². The lowest BCUT2D eigenvalue weighted by Gasteiger charge is -2.30. The first-order valence-corrected chi connectivity index (χ1v) is 11.6. The molecule has 1 aromatic rings. The molecule has 1 saturated heterocycles. The van der Waals surface area contributed by atoms with E-state index in [1.807, 2.05) is 45.0 Å². The second-order valence-corrected chi connectivity index (χ2v) is 9.89. The number of thioether (sulfide) groups is 1. The summed E-state index contributed by atoms with van der Waals surface area (Å²) >= 11 is 6.75. The molecular weight excluding hydrogens is 402 g/mol. The van der Waals surface area contributed by atoms with Gasteiger partial charge in [0, 0.05) is 5.54 Å². The second kappa shape index (κ2) is 11.0. The van der Waals surface area contributed by atoms with Crippen LogP contribution in [0.3, 0.4) is 0 Å². The van der Waals surface area contributed by atoms with Gasteiger partial charge in [0.2, 0.25) is 0 Å². The van der Waals surface area contributed by atoms with E-state index >= 15 is 0 Å². The molecule has 0 unspecified atom stereocenters. The van der Waals surface area contributed by atoms with Crippen LogP contribution in [0.1, 0.15) is 71.8 Å². The normalized spacial score (nSPS) is 16.0. The molecule has 1 amide bonds. The van der Waals surface area contributed by atoms with E-state index in [2.05, 4.69) is 6.92 Å². The van der Waals surface area contributed by atoms with E-state index in [-0.39, 0.29) is 11.4 Å². The van der Waals surface area contributed by atoms with Crippen LogP contribution in [-0.2, 0) is 4.79 Å². The van der Waals surface area contributed by atoms with Crippen LogP contribution in [0.4, 0.5) is 0 Å². The first-order valence-electron chi connectivity index (χ1n) is 10.4. The molecule has 1 aliphatic rings. The fourth-order valence-electron chi connectivity index (χ4n) is 3.16. The quantitative estimate of drug-likeness (QED) is 0.240. The molecule has 0 aromatic heterocycles. The van der Waals surface area contributed by atoms with Crippen molar-refractivity contribution in [3.05, 3.63) is 28.7 Å². The molecule has 2 rings (SSSR count). The van der Waals surface area contributed by atoms with Gasteiger partial charge < -0.3 is 9.47 Å². The minimum absolute atomic E-state index is 0.0464. The average Bonchev–Trinajstić information content (AvgIpc) is 2.95. The van der Waals surface area contributed by atoms with E-state index < -0.39 is 0 Å². The summed E-state index contributed by atoms with van der Waals surface area (Å²) in [5.41, 5.74) is 0.561. The highest BCUT2D eigenvalue weighted by atomic mass is 32.2. The van der Waals surface area contributed by atoms with Crippen molar-refractivity contribution in [2.24, 2.45) is 0 Å². The van der Waals surface area contributed by atoms with Crippen molar-refractivity contribution in [1.82, 2.24) is 4.90 Å². The standard InChI is InChI=1S/C23H33NO3S2/c1-6-7-8-9-10-11-14-27-18-13-12-17(15-19(18)26-5)16-20-21(25)24(22(28)29-20)23(2,3)4/h12-13,15-16H,6-11,14H2,1-5H3/b20-16-. The molecule has 4 nitrogen and oxygen atoms in total. The molecule has 1 heterocycles. The van der Waals surface area contributed by atoms with Crippen molar-refractivity contribution in [1.29, 1.82) is 0 Å². The zero-order valence-corrected chi connectivity index (χ0v) is 19.9. The molecule has 0 N–H and O–H groups in total. The Hall–Kier alpha value is -1.53. The topological polar surface area (TPSA) is 38.8 Å². The lowest BCUT2D eigenvalue weighted by Crippen LogP contribution is -2.44. The number of thiocarbonyl (C=S) groups is 1. The molecular formula is C23H33NO3S2. The zero-order valence-electron chi connectivity index (χ0n) is 18.2. The Labute approximate surface area is 185 Å². The zero-order chi connectivity index (χ0) is 21.4.